The maximum atomic E-state index is 5.87. The molecule has 0 aliphatic heterocycles. The number of methoxy groups -OCH3 is 2. The molecule has 0 spiro atoms. The molecule has 0 aliphatic carbocycles. The van der Waals surface area contributed by atoms with Gasteiger partial charge in [0.15, 0.2) is 30.9 Å². The summed E-state index contributed by atoms with van der Waals surface area (Å²) in [7, 11) is 6.12. The van der Waals surface area contributed by atoms with Gasteiger partial charge in [0, 0.05) is 26.3 Å². The summed E-state index contributed by atoms with van der Waals surface area (Å²) in [4.78, 5) is 0. The first-order chi connectivity index (χ1) is 14.3. The van der Waals surface area contributed by atoms with Gasteiger partial charge in [-0.2, -0.15) is 0 Å². The number of rotatable bonds is 24. The van der Waals surface area contributed by atoms with E-state index in [0.717, 1.165) is 36.7 Å². The molecule has 0 aromatic carbocycles. The fraction of sp³-hybridized carbons (Fsp3) is 1.00. The fourth-order valence-electron chi connectivity index (χ4n) is 1.65. The Hall–Kier alpha value is 0.610. The van der Waals surface area contributed by atoms with Crippen LogP contribution in [0.25, 0.3) is 0 Å². The van der Waals surface area contributed by atoms with Gasteiger partial charge < -0.3 is 33.2 Å². The average molecular weight is 485 g/mol. The van der Waals surface area contributed by atoms with Crippen molar-refractivity contribution in [2.45, 2.75) is 12.4 Å². The first-order valence-electron chi connectivity index (χ1n) is 8.59. The lowest BCUT2D eigenvalue weighted by molar-refractivity contribution is -0.235. The third-order valence-electron chi connectivity index (χ3n) is 2.73. The molecule has 0 amide bonds. The van der Waals surface area contributed by atoms with E-state index in [2.05, 4.69) is 0 Å². The van der Waals surface area contributed by atoms with Crippen molar-refractivity contribution in [3.05, 3.63) is 0 Å². The van der Waals surface area contributed by atoms with Gasteiger partial charge in [-0.25, -0.2) is 3.63 Å². The van der Waals surface area contributed by atoms with Crippen molar-refractivity contribution in [2.75, 3.05) is 87.4 Å². The maximum Gasteiger partial charge on any atom is 0.187 e. The molecule has 0 fully saturated rings. The van der Waals surface area contributed by atoms with Crippen LogP contribution in [0, 0.1) is 0 Å². The minimum absolute atomic E-state index is 0.0455. The molecule has 0 N–H and O–H groups in total. The highest BCUT2D eigenvalue weighted by atomic mass is 32.2. The van der Waals surface area contributed by atoms with Gasteiger partial charge in [-0.1, -0.05) is 0 Å². The van der Waals surface area contributed by atoms with E-state index in [4.69, 9.17) is 49.3 Å². The van der Waals surface area contributed by atoms with Gasteiger partial charge in [0.2, 0.25) is 0 Å². The van der Waals surface area contributed by atoms with E-state index in [1.54, 1.807) is 7.11 Å². The van der Waals surface area contributed by atoms with Gasteiger partial charge in [0.1, 0.15) is 19.7 Å². The Kier molecular flexibility index (Phi) is 25.4. The molecule has 0 rings (SSSR count). The fourth-order valence-corrected chi connectivity index (χ4v) is 2.87. The van der Waals surface area contributed by atoms with E-state index >= 15 is 0 Å². The quantitative estimate of drug-likeness (QED) is 0.113. The summed E-state index contributed by atoms with van der Waals surface area (Å²) in [5, 5.41) is 0. The third-order valence-corrected chi connectivity index (χ3v) is 4.33. The summed E-state index contributed by atoms with van der Waals surface area (Å²) in [6, 6.07) is 0. The standard InChI is InChI=1S/C15H32O11S3/c1-16-12-21-6-5-20-7-8-22-14(11-27-26-29-19-4)15(24-13-17-2)23-9-10-25-28-18-3/h14-15H,5-13H2,1-4H3. The van der Waals surface area contributed by atoms with E-state index in [-0.39, 0.29) is 20.2 Å². The molecule has 0 saturated heterocycles. The van der Waals surface area contributed by atoms with E-state index < -0.39 is 12.4 Å². The number of ether oxygens (including phenoxy) is 7. The van der Waals surface area contributed by atoms with E-state index in [0.29, 0.717) is 38.8 Å². The van der Waals surface area contributed by atoms with Gasteiger partial charge in [0.05, 0.1) is 59.6 Å². The van der Waals surface area contributed by atoms with Crippen LogP contribution in [0.15, 0.2) is 0 Å². The normalized spacial score (nSPS) is 13.7. The van der Waals surface area contributed by atoms with E-state index in [1.165, 1.54) is 21.3 Å². The van der Waals surface area contributed by atoms with Crippen LogP contribution in [0.2, 0.25) is 0 Å². The average Bonchev–Trinajstić information content (AvgIpc) is 2.73. The molecular weight excluding hydrogens is 452 g/mol. The molecule has 0 radical (unpaired) electrons. The summed E-state index contributed by atoms with van der Waals surface area (Å²) in [6.45, 7) is 2.47. The summed E-state index contributed by atoms with van der Waals surface area (Å²) in [5.74, 6) is 0.426. The summed E-state index contributed by atoms with van der Waals surface area (Å²) < 4.78 is 57.4. The SMILES string of the molecule is COCOCCOCCOC(CSOSOC)C(OCCOSOC)OCOC. The molecule has 14 heteroatoms. The zero-order chi connectivity index (χ0) is 21.4. The van der Waals surface area contributed by atoms with Crippen LogP contribution in [0.1, 0.15) is 0 Å². The van der Waals surface area contributed by atoms with Crippen LogP contribution in [0.5, 0.6) is 0 Å². The molecule has 0 aromatic heterocycles. The van der Waals surface area contributed by atoms with Crippen molar-refractivity contribution in [1.29, 1.82) is 0 Å². The van der Waals surface area contributed by atoms with Crippen LogP contribution >= 0.6 is 36.7 Å². The molecule has 29 heavy (non-hydrogen) atoms. The Balaban J connectivity index is 4.36. The summed E-state index contributed by atoms with van der Waals surface area (Å²) >= 11 is 2.90. The molecule has 11 nitrogen and oxygen atoms in total. The Morgan fingerprint density at radius 3 is 2.07 bits per heavy atom. The predicted molar refractivity (Wildman–Crippen MR) is 110 cm³/mol. The molecule has 176 valence electrons. The Labute approximate surface area is 186 Å². The van der Waals surface area contributed by atoms with Crippen LogP contribution in [-0.4, -0.2) is 99.8 Å². The maximum absolute atomic E-state index is 5.87. The van der Waals surface area contributed by atoms with Gasteiger partial charge >= 0.3 is 0 Å². The third kappa shape index (κ3) is 20.3. The molecule has 2 atom stereocenters. The van der Waals surface area contributed by atoms with Crippen LogP contribution < -0.4 is 0 Å². The lowest BCUT2D eigenvalue weighted by Crippen LogP contribution is -2.38. The molecule has 0 aromatic rings. The molecular formula is C15H32O11S3. The second kappa shape index (κ2) is 24.9. The predicted octanol–water partition coefficient (Wildman–Crippen LogP) is 2.07. The highest BCUT2D eigenvalue weighted by molar-refractivity contribution is 8.05. The number of hydrogen-bond donors (Lipinski definition) is 0. The van der Waals surface area contributed by atoms with Gasteiger partial charge in [-0.15, -0.1) is 0 Å². The Morgan fingerprint density at radius 2 is 1.34 bits per heavy atom. The minimum Gasteiger partial charge on any atom is -0.377 e. The van der Waals surface area contributed by atoms with Crippen molar-refractivity contribution in [2.24, 2.45) is 0 Å². The number of hydrogen-bond acceptors (Lipinski definition) is 14. The van der Waals surface area contributed by atoms with Crippen LogP contribution in [-0.2, 0) is 49.3 Å². The topological polar surface area (TPSA) is 102 Å². The van der Waals surface area contributed by atoms with Crippen molar-refractivity contribution in [1.82, 2.24) is 0 Å². The van der Waals surface area contributed by atoms with Crippen molar-refractivity contribution < 1.29 is 49.3 Å². The molecule has 0 bridgehead atoms. The van der Waals surface area contributed by atoms with Gasteiger partial charge in [-0.05, 0) is 0 Å². The smallest absolute Gasteiger partial charge is 0.187 e. The highest BCUT2D eigenvalue weighted by Crippen LogP contribution is 2.20. The zero-order valence-corrected chi connectivity index (χ0v) is 19.7. The summed E-state index contributed by atoms with van der Waals surface area (Å²) in [5.41, 5.74) is 0. The molecule has 2 unspecified atom stereocenters. The largest absolute Gasteiger partial charge is 0.377 e. The first kappa shape index (κ1) is 29.6. The lowest BCUT2D eigenvalue weighted by atomic mass is 10.4. The second-order valence-electron chi connectivity index (χ2n) is 4.79. The van der Waals surface area contributed by atoms with Crippen LogP contribution in [0.4, 0.5) is 0 Å². The lowest BCUT2D eigenvalue weighted by Gasteiger charge is -2.26. The molecule has 0 aliphatic rings. The Bertz CT molecular complexity index is 321. The molecule has 0 saturated carbocycles. The van der Waals surface area contributed by atoms with Crippen LogP contribution in [0.3, 0.4) is 0 Å². The van der Waals surface area contributed by atoms with E-state index in [1.807, 2.05) is 0 Å². The Morgan fingerprint density at radius 1 is 0.655 bits per heavy atom. The zero-order valence-electron chi connectivity index (χ0n) is 17.2. The first-order valence-corrected chi connectivity index (χ1v) is 10.8. The van der Waals surface area contributed by atoms with Gasteiger partial charge in [-0.3, -0.25) is 12.5 Å². The minimum atomic E-state index is -0.695. The second-order valence-corrected chi connectivity index (χ2v) is 7.08. The van der Waals surface area contributed by atoms with Crippen molar-refractivity contribution in [3.8, 4) is 0 Å². The van der Waals surface area contributed by atoms with Crippen molar-refractivity contribution in [3.63, 3.8) is 0 Å². The summed E-state index contributed by atoms with van der Waals surface area (Å²) in [6.07, 6.45) is -1.14. The van der Waals surface area contributed by atoms with Gasteiger partial charge in [0.25, 0.3) is 0 Å². The highest BCUT2D eigenvalue weighted by Gasteiger charge is 2.25. The van der Waals surface area contributed by atoms with Crippen molar-refractivity contribution >= 4 is 36.7 Å². The molecule has 0 heterocycles. The monoisotopic (exact) mass is 484 g/mol. The van der Waals surface area contributed by atoms with E-state index in [9.17, 15) is 0 Å².